The monoisotopic (exact) mass is 241 g/mol. The van der Waals surface area contributed by atoms with Gasteiger partial charge in [0.2, 0.25) is 0 Å². The third-order valence-corrected chi connectivity index (χ3v) is 4.19. The van der Waals surface area contributed by atoms with Crippen molar-refractivity contribution in [3.63, 3.8) is 0 Å². The van der Waals surface area contributed by atoms with Gasteiger partial charge in [-0.3, -0.25) is 9.69 Å². The molecular formula is C13H23NO3. The molecular weight excluding hydrogens is 218 g/mol. The average molecular weight is 241 g/mol. The highest BCUT2D eigenvalue weighted by atomic mass is 16.5. The molecule has 0 aromatic carbocycles. The van der Waals surface area contributed by atoms with Crippen molar-refractivity contribution in [3.05, 3.63) is 0 Å². The fraction of sp³-hybridized carbons (Fsp3) is 0.923. The van der Waals surface area contributed by atoms with Crippen LogP contribution in [0.4, 0.5) is 0 Å². The highest BCUT2D eigenvalue weighted by Crippen LogP contribution is 2.42. The lowest BCUT2D eigenvalue weighted by Crippen LogP contribution is -2.40. The zero-order valence-electron chi connectivity index (χ0n) is 10.7. The fourth-order valence-electron chi connectivity index (χ4n) is 3.02. The van der Waals surface area contributed by atoms with Gasteiger partial charge in [-0.15, -0.1) is 0 Å². The van der Waals surface area contributed by atoms with Crippen LogP contribution in [0.15, 0.2) is 0 Å². The van der Waals surface area contributed by atoms with Crippen molar-refractivity contribution in [1.29, 1.82) is 0 Å². The fourth-order valence-corrected chi connectivity index (χ4v) is 3.02. The van der Waals surface area contributed by atoms with E-state index in [0.717, 1.165) is 65.0 Å². The Hall–Kier alpha value is -0.610. The molecule has 1 aliphatic carbocycles. The van der Waals surface area contributed by atoms with Crippen LogP contribution < -0.4 is 0 Å². The minimum atomic E-state index is -0.187. The van der Waals surface area contributed by atoms with Crippen LogP contribution in [0.2, 0.25) is 0 Å². The molecule has 0 amide bonds. The van der Waals surface area contributed by atoms with Gasteiger partial charge in [0.15, 0.2) is 0 Å². The number of methoxy groups -OCH3 is 1. The Bertz CT molecular complexity index is 255. The second kappa shape index (κ2) is 5.83. The Morgan fingerprint density at radius 3 is 2.53 bits per heavy atom. The molecule has 0 spiro atoms. The number of rotatable bonds is 4. The third-order valence-electron chi connectivity index (χ3n) is 4.19. The molecule has 0 aromatic rings. The maximum absolute atomic E-state index is 11.9. The molecule has 0 N–H and O–H groups in total. The quantitative estimate of drug-likeness (QED) is 0.698. The van der Waals surface area contributed by atoms with Crippen molar-refractivity contribution in [2.75, 3.05) is 40.0 Å². The molecule has 17 heavy (non-hydrogen) atoms. The van der Waals surface area contributed by atoms with E-state index in [0.29, 0.717) is 0 Å². The molecule has 2 aliphatic rings. The topological polar surface area (TPSA) is 38.8 Å². The van der Waals surface area contributed by atoms with Crippen LogP contribution in [0.1, 0.15) is 32.1 Å². The van der Waals surface area contributed by atoms with E-state index in [-0.39, 0.29) is 11.4 Å². The number of esters is 1. The maximum Gasteiger partial charge on any atom is 0.311 e. The Morgan fingerprint density at radius 2 is 1.94 bits per heavy atom. The van der Waals surface area contributed by atoms with E-state index >= 15 is 0 Å². The lowest BCUT2D eigenvalue weighted by molar-refractivity contribution is -0.153. The van der Waals surface area contributed by atoms with Crippen molar-refractivity contribution in [2.24, 2.45) is 5.41 Å². The number of hydrogen-bond acceptors (Lipinski definition) is 4. The molecule has 4 heteroatoms. The zero-order valence-corrected chi connectivity index (χ0v) is 10.7. The minimum absolute atomic E-state index is 0.00302. The second-order valence-electron chi connectivity index (χ2n) is 5.18. The molecule has 0 atom stereocenters. The van der Waals surface area contributed by atoms with Gasteiger partial charge in [-0.05, 0) is 25.8 Å². The number of hydrogen-bond donors (Lipinski definition) is 0. The predicted molar refractivity (Wildman–Crippen MR) is 64.8 cm³/mol. The molecule has 0 bridgehead atoms. The van der Waals surface area contributed by atoms with Crippen LogP contribution in [-0.2, 0) is 14.3 Å². The van der Waals surface area contributed by atoms with Gasteiger partial charge in [0.25, 0.3) is 0 Å². The molecule has 1 saturated carbocycles. The molecule has 98 valence electrons. The SMILES string of the molecule is COC(=O)C1(CCN2CCOCC2)CCCC1. The van der Waals surface area contributed by atoms with Crippen LogP contribution in [-0.4, -0.2) is 50.8 Å². The van der Waals surface area contributed by atoms with Crippen LogP contribution in [0.5, 0.6) is 0 Å². The smallest absolute Gasteiger partial charge is 0.311 e. The van der Waals surface area contributed by atoms with Gasteiger partial charge in [-0.1, -0.05) is 12.8 Å². The predicted octanol–water partition coefficient (Wildman–Crippen LogP) is 1.44. The van der Waals surface area contributed by atoms with E-state index in [9.17, 15) is 4.79 Å². The number of nitrogens with zero attached hydrogens (tertiary/aromatic N) is 1. The van der Waals surface area contributed by atoms with Crippen molar-refractivity contribution in [2.45, 2.75) is 32.1 Å². The highest BCUT2D eigenvalue weighted by Gasteiger charge is 2.41. The van der Waals surface area contributed by atoms with E-state index in [4.69, 9.17) is 9.47 Å². The van der Waals surface area contributed by atoms with Crippen LogP contribution in [0.3, 0.4) is 0 Å². The molecule has 0 unspecified atom stereocenters. The number of carbonyl (C=O) groups is 1. The molecule has 4 nitrogen and oxygen atoms in total. The van der Waals surface area contributed by atoms with Crippen LogP contribution in [0.25, 0.3) is 0 Å². The zero-order chi connectivity index (χ0) is 12.1. The van der Waals surface area contributed by atoms with E-state index in [1.54, 1.807) is 0 Å². The Kier molecular flexibility index (Phi) is 4.40. The first kappa shape index (κ1) is 12.8. The van der Waals surface area contributed by atoms with Gasteiger partial charge in [-0.2, -0.15) is 0 Å². The van der Waals surface area contributed by atoms with E-state index in [1.807, 2.05) is 0 Å². The first-order valence-corrected chi connectivity index (χ1v) is 6.65. The van der Waals surface area contributed by atoms with Crippen molar-refractivity contribution >= 4 is 5.97 Å². The molecule has 1 heterocycles. The van der Waals surface area contributed by atoms with Gasteiger partial charge in [-0.25, -0.2) is 0 Å². The standard InChI is InChI=1S/C13H23NO3/c1-16-12(15)13(4-2-3-5-13)6-7-14-8-10-17-11-9-14/h2-11H2,1H3. The summed E-state index contributed by atoms with van der Waals surface area (Å²) < 4.78 is 10.3. The summed E-state index contributed by atoms with van der Waals surface area (Å²) in [5, 5.41) is 0. The van der Waals surface area contributed by atoms with Gasteiger partial charge in [0, 0.05) is 13.1 Å². The van der Waals surface area contributed by atoms with E-state index in [1.165, 1.54) is 7.11 Å². The van der Waals surface area contributed by atoms with Crippen molar-refractivity contribution in [3.8, 4) is 0 Å². The first-order chi connectivity index (χ1) is 8.27. The lowest BCUT2D eigenvalue weighted by Gasteiger charge is -2.31. The van der Waals surface area contributed by atoms with Crippen LogP contribution in [0, 0.1) is 5.41 Å². The minimum Gasteiger partial charge on any atom is -0.469 e. The molecule has 2 rings (SSSR count). The Morgan fingerprint density at radius 1 is 1.29 bits per heavy atom. The van der Waals surface area contributed by atoms with Gasteiger partial charge in [0.05, 0.1) is 25.7 Å². The largest absolute Gasteiger partial charge is 0.469 e. The average Bonchev–Trinajstić information content (AvgIpc) is 2.87. The molecule has 0 aromatic heterocycles. The number of carbonyl (C=O) groups excluding carboxylic acids is 1. The number of ether oxygens (including phenoxy) is 2. The van der Waals surface area contributed by atoms with E-state index < -0.39 is 0 Å². The molecule has 2 fully saturated rings. The summed E-state index contributed by atoms with van der Waals surface area (Å²) in [5.41, 5.74) is -0.187. The molecule has 0 radical (unpaired) electrons. The lowest BCUT2D eigenvalue weighted by atomic mass is 9.82. The Labute approximate surface area is 103 Å². The van der Waals surface area contributed by atoms with Crippen molar-refractivity contribution in [1.82, 2.24) is 4.90 Å². The third kappa shape index (κ3) is 2.99. The summed E-state index contributed by atoms with van der Waals surface area (Å²) in [6.45, 7) is 4.64. The van der Waals surface area contributed by atoms with Gasteiger partial charge in [0.1, 0.15) is 0 Å². The Balaban J connectivity index is 1.87. The summed E-state index contributed by atoms with van der Waals surface area (Å²) in [5.74, 6) is 0.00302. The summed E-state index contributed by atoms with van der Waals surface area (Å²) in [6.07, 6.45) is 5.28. The summed E-state index contributed by atoms with van der Waals surface area (Å²) >= 11 is 0. The van der Waals surface area contributed by atoms with E-state index in [2.05, 4.69) is 4.90 Å². The summed E-state index contributed by atoms with van der Waals surface area (Å²) in [4.78, 5) is 14.3. The maximum atomic E-state index is 11.9. The first-order valence-electron chi connectivity index (χ1n) is 6.65. The van der Waals surface area contributed by atoms with Crippen LogP contribution >= 0.6 is 0 Å². The normalized spacial score (nSPS) is 24.8. The van der Waals surface area contributed by atoms with Crippen molar-refractivity contribution < 1.29 is 14.3 Å². The highest BCUT2D eigenvalue weighted by molar-refractivity contribution is 5.77. The molecule has 1 aliphatic heterocycles. The van der Waals surface area contributed by atoms with Gasteiger partial charge >= 0.3 is 5.97 Å². The number of morpholine rings is 1. The summed E-state index contributed by atoms with van der Waals surface area (Å²) in [7, 11) is 1.51. The molecule has 1 saturated heterocycles. The summed E-state index contributed by atoms with van der Waals surface area (Å²) in [6, 6.07) is 0. The van der Waals surface area contributed by atoms with Gasteiger partial charge < -0.3 is 9.47 Å². The second-order valence-corrected chi connectivity index (χ2v) is 5.18.